The Balaban J connectivity index is 2.38. The van der Waals surface area contributed by atoms with E-state index in [0.717, 1.165) is 18.2 Å². The first-order valence-corrected chi connectivity index (χ1v) is 6.67. The van der Waals surface area contributed by atoms with Crippen molar-refractivity contribution in [3.05, 3.63) is 63.4 Å². The summed E-state index contributed by atoms with van der Waals surface area (Å²) in [5, 5.41) is 10.8. The fourth-order valence-corrected chi connectivity index (χ4v) is 2.31. The van der Waals surface area contributed by atoms with Crippen LogP contribution >= 0.6 is 11.3 Å². The number of hydrogen-bond acceptors (Lipinski definition) is 3. The average Bonchev–Trinajstić information content (AvgIpc) is 2.96. The van der Waals surface area contributed by atoms with Crippen LogP contribution in [0.25, 0.3) is 6.08 Å². The van der Waals surface area contributed by atoms with E-state index in [0.29, 0.717) is 4.88 Å². The predicted octanol–water partition coefficient (Wildman–Crippen LogP) is 4.56. The minimum atomic E-state index is -4.53. The van der Waals surface area contributed by atoms with Crippen molar-refractivity contribution in [1.29, 1.82) is 5.26 Å². The van der Waals surface area contributed by atoms with Gasteiger partial charge in [0, 0.05) is 10.4 Å². The third-order valence-electron chi connectivity index (χ3n) is 2.65. The van der Waals surface area contributed by atoms with Crippen molar-refractivity contribution in [3.8, 4) is 6.07 Å². The van der Waals surface area contributed by atoms with Gasteiger partial charge in [0.05, 0.1) is 5.56 Å². The molecular weight excluding hydrogens is 299 g/mol. The van der Waals surface area contributed by atoms with Crippen LogP contribution in [0.5, 0.6) is 0 Å². The van der Waals surface area contributed by atoms with Gasteiger partial charge in [0.15, 0.2) is 0 Å². The molecule has 0 aliphatic carbocycles. The van der Waals surface area contributed by atoms with E-state index in [4.69, 9.17) is 5.26 Å². The first kappa shape index (κ1) is 15.0. The maximum Gasteiger partial charge on any atom is 0.416 e. The number of nitriles is 1. The first-order chi connectivity index (χ1) is 9.91. The van der Waals surface area contributed by atoms with Crippen LogP contribution < -0.4 is 0 Å². The molecule has 2 rings (SSSR count). The molecule has 0 atom stereocenters. The SMILES string of the molecule is N#C/C(=C\c1cccs1)C(=O)c1cccc(C(F)(F)F)c1. The predicted molar refractivity (Wildman–Crippen MR) is 73.7 cm³/mol. The zero-order valence-electron chi connectivity index (χ0n) is 10.5. The van der Waals surface area contributed by atoms with Crippen LogP contribution in [0.3, 0.4) is 0 Å². The van der Waals surface area contributed by atoms with Gasteiger partial charge >= 0.3 is 6.18 Å². The quantitative estimate of drug-likeness (QED) is 0.474. The molecule has 21 heavy (non-hydrogen) atoms. The number of hydrogen-bond donors (Lipinski definition) is 0. The highest BCUT2D eigenvalue weighted by Gasteiger charge is 2.31. The van der Waals surface area contributed by atoms with E-state index in [-0.39, 0.29) is 11.1 Å². The van der Waals surface area contributed by atoms with E-state index >= 15 is 0 Å². The van der Waals surface area contributed by atoms with Gasteiger partial charge in [-0.05, 0) is 29.7 Å². The molecule has 1 aromatic carbocycles. The molecule has 0 amide bonds. The maximum absolute atomic E-state index is 12.6. The van der Waals surface area contributed by atoms with Crippen molar-refractivity contribution >= 4 is 23.2 Å². The van der Waals surface area contributed by atoms with Gasteiger partial charge in [0.1, 0.15) is 11.6 Å². The van der Waals surface area contributed by atoms with Crippen molar-refractivity contribution in [2.45, 2.75) is 6.18 Å². The fourth-order valence-electron chi connectivity index (χ4n) is 1.66. The first-order valence-electron chi connectivity index (χ1n) is 5.79. The van der Waals surface area contributed by atoms with Gasteiger partial charge in [0.25, 0.3) is 0 Å². The average molecular weight is 307 g/mol. The van der Waals surface area contributed by atoms with Gasteiger partial charge in [-0.1, -0.05) is 18.2 Å². The lowest BCUT2D eigenvalue weighted by atomic mass is 10.0. The zero-order valence-corrected chi connectivity index (χ0v) is 11.3. The van der Waals surface area contributed by atoms with Crippen LogP contribution in [0.1, 0.15) is 20.8 Å². The number of thiophene rings is 1. The Bertz CT molecular complexity index is 724. The van der Waals surface area contributed by atoms with Crippen LogP contribution in [0.4, 0.5) is 13.2 Å². The molecule has 0 aliphatic heterocycles. The molecule has 2 aromatic rings. The Morgan fingerprint density at radius 3 is 2.57 bits per heavy atom. The minimum absolute atomic E-state index is 0.158. The van der Waals surface area contributed by atoms with E-state index in [2.05, 4.69) is 0 Å². The number of rotatable bonds is 3. The van der Waals surface area contributed by atoms with Gasteiger partial charge in [-0.15, -0.1) is 11.3 Å². The number of carbonyl (C=O) groups excluding carboxylic acids is 1. The molecule has 0 N–H and O–H groups in total. The van der Waals surface area contributed by atoms with E-state index in [1.165, 1.54) is 23.5 Å². The standard InChI is InChI=1S/C15H8F3NOS/c16-15(17,18)12-4-1-3-10(7-12)14(20)11(9-19)8-13-5-2-6-21-13/h1-8H/b11-8+. The number of benzene rings is 1. The van der Waals surface area contributed by atoms with E-state index in [9.17, 15) is 18.0 Å². The highest BCUT2D eigenvalue weighted by atomic mass is 32.1. The molecule has 1 heterocycles. The number of nitrogens with zero attached hydrogens (tertiary/aromatic N) is 1. The van der Waals surface area contributed by atoms with Gasteiger partial charge in [-0.3, -0.25) is 4.79 Å². The lowest BCUT2D eigenvalue weighted by Gasteiger charge is -2.07. The van der Waals surface area contributed by atoms with E-state index < -0.39 is 17.5 Å². The van der Waals surface area contributed by atoms with Crippen LogP contribution in [-0.4, -0.2) is 5.78 Å². The van der Waals surface area contributed by atoms with E-state index in [1.807, 2.05) is 0 Å². The molecule has 0 saturated carbocycles. The monoisotopic (exact) mass is 307 g/mol. The highest BCUT2D eigenvalue weighted by molar-refractivity contribution is 7.10. The summed E-state index contributed by atoms with van der Waals surface area (Å²) < 4.78 is 37.9. The smallest absolute Gasteiger partial charge is 0.288 e. The topological polar surface area (TPSA) is 40.9 Å². The van der Waals surface area contributed by atoms with Crippen LogP contribution in [0.2, 0.25) is 0 Å². The van der Waals surface area contributed by atoms with Crippen molar-refractivity contribution in [3.63, 3.8) is 0 Å². The van der Waals surface area contributed by atoms with Crippen LogP contribution in [0, 0.1) is 11.3 Å². The highest BCUT2D eigenvalue weighted by Crippen LogP contribution is 2.30. The molecule has 0 aliphatic rings. The molecular formula is C15H8F3NOS. The largest absolute Gasteiger partial charge is 0.416 e. The molecule has 2 nitrogen and oxygen atoms in total. The number of ketones is 1. The van der Waals surface area contributed by atoms with Crippen molar-refractivity contribution < 1.29 is 18.0 Å². The number of allylic oxidation sites excluding steroid dienone is 1. The van der Waals surface area contributed by atoms with Crippen LogP contribution in [-0.2, 0) is 6.18 Å². The Morgan fingerprint density at radius 1 is 1.24 bits per heavy atom. The molecule has 0 bridgehead atoms. The third kappa shape index (κ3) is 3.58. The third-order valence-corrected chi connectivity index (χ3v) is 3.47. The van der Waals surface area contributed by atoms with Gasteiger partial charge in [-0.25, -0.2) is 0 Å². The van der Waals surface area contributed by atoms with Gasteiger partial charge in [-0.2, -0.15) is 18.4 Å². The zero-order chi connectivity index (χ0) is 15.5. The summed E-state index contributed by atoms with van der Waals surface area (Å²) in [5.74, 6) is -0.725. The maximum atomic E-state index is 12.6. The molecule has 6 heteroatoms. The lowest BCUT2D eigenvalue weighted by Crippen LogP contribution is -2.08. The van der Waals surface area contributed by atoms with Gasteiger partial charge < -0.3 is 0 Å². The van der Waals surface area contributed by atoms with E-state index in [1.54, 1.807) is 23.6 Å². The van der Waals surface area contributed by atoms with Gasteiger partial charge in [0.2, 0.25) is 5.78 Å². The van der Waals surface area contributed by atoms with Crippen molar-refractivity contribution in [1.82, 2.24) is 0 Å². The molecule has 0 radical (unpaired) electrons. The lowest BCUT2D eigenvalue weighted by molar-refractivity contribution is -0.137. The fraction of sp³-hybridized carbons (Fsp3) is 0.0667. The molecule has 0 unspecified atom stereocenters. The molecule has 0 saturated heterocycles. The normalized spacial score (nSPS) is 12.0. The van der Waals surface area contributed by atoms with Crippen molar-refractivity contribution in [2.75, 3.05) is 0 Å². The Labute approximate surface area is 122 Å². The number of carbonyl (C=O) groups is 1. The second-order valence-corrected chi connectivity index (χ2v) is 5.07. The second-order valence-electron chi connectivity index (χ2n) is 4.09. The molecule has 0 fully saturated rings. The Morgan fingerprint density at radius 2 is 2.00 bits per heavy atom. The summed E-state index contributed by atoms with van der Waals surface area (Å²) in [5.41, 5.74) is -1.27. The molecule has 0 spiro atoms. The minimum Gasteiger partial charge on any atom is -0.288 e. The summed E-state index contributed by atoms with van der Waals surface area (Å²) >= 11 is 1.33. The number of Topliss-reactive ketones (excluding diaryl/α,β-unsaturated/α-hetero) is 1. The number of alkyl halides is 3. The molecule has 1 aromatic heterocycles. The number of halogens is 3. The Hall–Kier alpha value is -2.39. The summed E-state index contributed by atoms with van der Waals surface area (Å²) in [7, 11) is 0. The van der Waals surface area contributed by atoms with Crippen molar-refractivity contribution in [2.24, 2.45) is 0 Å². The summed E-state index contributed by atoms with van der Waals surface area (Å²) in [6.45, 7) is 0. The second kappa shape index (κ2) is 5.94. The summed E-state index contributed by atoms with van der Waals surface area (Å²) in [4.78, 5) is 12.8. The van der Waals surface area contributed by atoms with Crippen LogP contribution in [0.15, 0.2) is 47.4 Å². The summed E-state index contributed by atoms with van der Waals surface area (Å²) in [6, 6.07) is 9.24. The summed E-state index contributed by atoms with van der Waals surface area (Å²) in [6.07, 6.45) is -3.16. The Kier molecular flexibility index (Phi) is 4.24. The molecule has 106 valence electrons.